The van der Waals surface area contributed by atoms with Crippen LogP contribution in [-0.2, 0) is 0 Å². The number of hydrogen-bond acceptors (Lipinski definition) is 1. The average molecular weight is 543 g/mol. The molecule has 0 fully saturated rings. The minimum absolute atomic E-state index is 0. The van der Waals surface area contributed by atoms with Gasteiger partial charge in [-0.05, 0) is 28.1 Å². The van der Waals surface area contributed by atoms with Crippen LogP contribution in [0, 0.1) is 0 Å². The summed E-state index contributed by atoms with van der Waals surface area (Å²) in [5, 5.41) is 0. The Labute approximate surface area is 174 Å². The third kappa shape index (κ3) is 3.77. The highest BCUT2D eigenvalue weighted by molar-refractivity contribution is 9.10. The van der Waals surface area contributed by atoms with E-state index in [1.807, 2.05) is 22.0 Å². The Morgan fingerprint density at radius 1 is 0.885 bits per heavy atom. The first kappa shape index (κ1) is 21.2. The van der Waals surface area contributed by atoms with Crippen molar-refractivity contribution in [1.29, 1.82) is 0 Å². The molecule has 140 valence electrons. The first-order chi connectivity index (χ1) is 11.7. The fraction of sp³-hybridized carbons (Fsp3) is 0.222. The van der Waals surface area contributed by atoms with Crippen molar-refractivity contribution in [3.63, 3.8) is 0 Å². The molecular weight excluding hydrogens is 527 g/mol. The van der Waals surface area contributed by atoms with Gasteiger partial charge in [0.1, 0.15) is 5.70 Å². The summed E-state index contributed by atoms with van der Waals surface area (Å²) >= 11 is 1.85. The number of rotatable bonds is 4. The van der Waals surface area contributed by atoms with Crippen LogP contribution in [-0.4, -0.2) is 29.5 Å². The van der Waals surface area contributed by atoms with E-state index in [1.165, 1.54) is 0 Å². The number of halogens is 6. The van der Waals surface area contributed by atoms with Crippen LogP contribution in [0.15, 0.2) is 60.7 Å². The molecule has 0 radical (unpaired) electrons. The van der Waals surface area contributed by atoms with E-state index < -0.39 is 10.9 Å². The van der Waals surface area contributed by atoms with Crippen LogP contribution in [0.25, 0.3) is 11.4 Å². The molecule has 2 aromatic carbocycles. The highest BCUT2D eigenvalue weighted by Crippen LogP contribution is 2.46. The van der Waals surface area contributed by atoms with Crippen molar-refractivity contribution in [2.75, 3.05) is 13.7 Å². The summed E-state index contributed by atoms with van der Waals surface area (Å²) in [6.45, 7) is -0.275. The summed E-state index contributed by atoms with van der Waals surface area (Å²) in [5.74, 6) is 0. The van der Waals surface area contributed by atoms with E-state index in [4.69, 9.17) is 0 Å². The Balaban J connectivity index is 0.00000243. The largest absolute Gasteiger partial charge is 1.00 e. The highest BCUT2D eigenvalue weighted by atomic mass is 127. The Bertz CT molecular complexity index is 779. The molecule has 2 nitrogen and oxygen atoms in total. The molecule has 2 aromatic rings. The molecule has 3 rings (SSSR count). The SMILES string of the molecule is C[NH+]1CN(C(F)(F)C(F)(F)Br)C(c2ccccc2)=C1c1ccccc1.[I-]. The summed E-state index contributed by atoms with van der Waals surface area (Å²) in [4.78, 5) is -3.26. The molecule has 0 aromatic heterocycles. The lowest BCUT2D eigenvalue weighted by atomic mass is 10.0. The number of nitrogens with zero attached hydrogens (tertiary/aromatic N) is 1. The zero-order valence-corrected chi connectivity index (χ0v) is 17.4. The van der Waals surface area contributed by atoms with Crippen LogP contribution >= 0.6 is 15.9 Å². The van der Waals surface area contributed by atoms with E-state index in [-0.39, 0.29) is 36.3 Å². The van der Waals surface area contributed by atoms with Crippen LogP contribution in [0.4, 0.5) is 17.6 Å². The molecule has 1 aliphatic rings. The van der Waals surface area contributed by atoms with E-state index in [2.05, 4.69) is 0 Å². The first-order valence-electron chi connectivity index (χ1n) is 7.63. The van der Waals surface area contributed by atoms with Gasteiger partial charge in [-0.15, -0.1) is 0 Å². The lowest BCUT2D eigenvalue weighted by Gasteiger charge is -2.31. The van der Waals surface area contributed by atoms with Gasteiger partial charge in [-0.3, -0.25) is 9.80 Å². The van der Waals surface area contributed by atoms with Gasteiger partial charge in [-0.25, -0.2) is 0 Å². The van der Waals surface area contributed by atoms with E-state index in [0.29, 0.717) is 21.1 Å². The van der Waals surface area contributed by atoms with Crippen LogP contribution in [0.1, 0.15) is 11.1 Å². The monoisotopic (exact) mass is 542 g/mol. The van der Waals surface area contributed by atoms with Crippen molar-refractivity contribution in [3.05, 3.63) is 71.8 Å². The predicted molar refractivity (Wildman–Crippen MR) is 92.1 cm³/mol. The van der Waals surface area contributed by atoms with Crippen molar-refractivity contribution in [2.45, 2.75) is 10.9 Å². The molecule has 0 aliphatic carbocycles. The van der Waals surface area contributed by atoms with Gasteiger partial charge < -0.3 is 24.0 Å². The lowest BCUT2D eigenvalue weighted by Crippen LogP contribution is -3.06. The van der Waals surface area contributed by atoms with Crippen LogP contribution in [0.2, 0.25) is 0 Å². The molecule has 1 unspecified atom stereocenters. The van der Waals surface area contributed by atoms with Crippen LogP contribution in [0.5, 0.6) is 0 Å². The molecule has 0 saturated heterocycles. The van der Waals surface area contributed by atoms with Crippen molar-refractivity contribution >= 4 is 27.3 Å². The number of quaternary nitrogens is 1. The lowest BCUT2D eigenvalue weighted by molar-refractivity contribution is -0.808. The number of hydrogen-bond donors (Lipinski definition) is 1. The third-order valence-corrected chi connectivity index (χ3v) is 4.60. The number of benzene rings is 2. The maximum atomic E-state index is 14.5. The first-order valence-corrected chi connectivity index (χ1v) is 8.43. The Morgan fingerprint density at radius 2 is 1.35 bits per heavy atom. The number of alkyl halides is 5. The van der Waals surface area contributed by atoms with Crippen molar-refractivity contribution in [2.24, 2.45) is 0 Å². The molecule has 0 amide bonds. The van der Waals surface area contributed by atoms with Gasteiger partial charge in [0.15, 0.2) is 12.4 Å². The van der Waals surface area contributed by atoms with E-state index in [1.54, 1.807) is 61.6 Å². The van der Waals surface area contributed by atoms with Crippen LogP contribution in [0.3, 0.4) is 0 Å². The molecule has 0 saturated carbocycles. The maximum Gasteiger partial charge on any atom is 0.403 e. The fourth-order valence-corrected chi connectivity index (χ4v) is 3.22. The molecule has 0 bridgehead atoms. The zero-order valence-electron chi connectivity index (χ0n) is 13.7. The molecule has 8 heteroatoms. The Morgan fingerprint density at radius 3 is 1.81 bits per heavy atom. The van der Waals surface area contributed by atoms with Gasteiger partial charge in [0.05, 0.1) is 7.05 Å². The molecule has 1 heterocycles. The molecule has 0 spiro atoms. The fourth-order valence-electron chi connectivity index (χ4n) is 3.01. The Hall–Kier alpha value is -1.13. The third-order valence-electron chi connectivity index (χ3n) is 4.12. The van der Waals surface area contributed by atoms with E-state index in [0.717, 1.165) is 5.56 Å². The van der Waals surface area contributed by atoms with Gasteiger partial charge >= 0.3 is 10.9 Å². The van der Waals surface area contributed by atoms with Gasteiger partial charge in [0.2, 0.25) is 0 Å². The van der Waals surface area contributed by atoms with E-state index in [9.17, 15) is 17.6 Å². The molecule has 1 aliphatic heterocycles. The standard InChI is InChI=1S/C18H15BrF4N2.HI/c1-24-12-25(18(22,23)17(19,20)21)16(14-10-6-3-7-11-14)15(24)13-8-4-2-5-9-13;/h2-11H,12H2,1H3;1H. The van der Waals surface area contributed by atoms with Gasteiger partial charge in [0, 0.05) is 11.1 Å². The Kier molecular flexibility index (Phi) is 6.40. The molecule has 1 atom stereocenters. The summed E-state index contributed by atoms with van der Waals surface area (Å²) in [5.41, 5.74) is 1.85. The van der Waals surface area contributed by atoms with E-state index >= 15 is 0 Å². The quantitative estimate of drug-likeness (QED) is 0.261. The minimum atomic E-state index is -4.38. The van der Waals surface area contributed by atoms with Gasteiger partial charge in [-0.2, -0.15) is 17.6 Å². The topological polar surface area (TPSA) is 7.68 Å². The normalized spacial score (nSPS) is 18.1. The predicted octanol–water partition coefficient (Wildman–Crippen LogP) is 0.885. The average Bonchev–Trinajstić information content (AvgIpc) is 2.93. The molecular formula is C18H16BrF4IN2. The second-order valence-corrected chi connectivity index (χ2v) is 6.86. The summed E-state index contributed by atoms with van der Waals surface area (Å²) in [6.07, 6.45) is 0. The second-order valence-electron chi connectivity index (χ2n) is 5.86. The smallest absolute Gasteiger partial charge is 0.403 e. The summed E-state index contributed by atoms with van der Waals surface area (Å²) < 4.78 is 56.2. The van der Waals surface area contributed by atoms with Gasteiger partial charge in [0.25, 0.3) is 0 Å². The zero-order chi connectivity index (χ0) is 18.2. The van der Waals surface area contributed by atoms with Crippen molar-refractivity contribution in [3.8, 4) is 0 Å². The summed E-state index contributed by atoms with van der Waals surface area (Å²) in [7, 11) is 1.69. The molecule has 1 N–H and O–H groups in total. The molecule has 26 heavy (non-hydrogen) atoms. The maximum absolute atomic E-state index is 14.5. The second kappa shape index (κ2) is 7.85. The van der Waals surface area contributed by atoms with Crippen molar-refractivity contribution < 1.29 is 46.4 Å². The van der Waals surface area contributed by atoms with Crippen LogP contribution < -0.4 is 28.9 Å². The highest BCUT2D eigenvalue weighted by Gasteiger charge is 2.62. The minimum Gasteiger partial charge on any atom is -1.00 e. The summed E-state index contributed by atoms with van der Waals surface area (Å²) in [6, 6.07) is 13.0. The van der Waals surface area contributed by atoms with Crippen molar-refractivity contribution in [1.82, 2.24) is 4.90 Å². The van der Waals surface area contributed by atoms with Gasteiger partial charge in [-0.1, -0.05) is 48.5 Å². The number of nitrogens with one attached hydrogen (secondary N) is 1.